The number of hydrogen-bond donors (Lipinski definition) is 1. The molecule has 1 aliphatic rings. The van der Waals surface area contributed by atoms with Crippen LogP contribution in [-0.4, -0.2) is 39.1 Å². The Labute approximate surface area is 194 Å². The largest absolute Gasteiger partial charge is 0.307 e. The summed E-state index contributed by atoms with van der Waals surface area (Å²) < 4.78 is 28.4. The quantitative estimate of drug-likeness (QED) is 0.509. The Bertz CT molecular complexity index is 1180. The molecule has 1 unspecified atom stereocenters. The molecule has 33 heavy (non-hydrogen) atoms. The lowest BCUT2D eigenvalue weighted by Gasteiger charge is -2.20. The molecule has 8 nitrogen and oxygen atoms in total. The van der Waals surface area contributed by atoms with Crippen molar-refractivity contribution in [2.45, 2.75) is 68.7 Å². The van der Waals surface area contributed by atoms with E-state index in [1.54, 1.807) is 24.6 Å². The number of anilines is 1. The Morgan fingerprint density at radius 3 is 2.58 bits per heavy atom. The summed E-state index contributed by atoms with van der Waals surface area (Å²) in [5, 5.41) is 11.1. The van der Waals surface area contributed by atoms with Crippen LogP contribution in [0.4, 0.5) is 5.82 Å². The van der Waals surface area contributed by atoms with Crippen molar-refractivity contribution in [3.8, 4) is 0 Å². The third-order valence-corrected chi connectivity index (χ3v) is 8.37. The number of carbonyl (C=O) groups excluding carboxylic acids is 1. The third kappa shape index (κ3) is 5.52. The van der Waals surface area contributed by atoms with Crippen LogP contribution in [0.5, 0.6) is 0 Å². The molecule has 1 aromatic carbocycles. The molecule has 1 saturated carbocycles. The zero-order valence-corrected chi connectivity index (χ0v) is 19.9. The number of sulfone groups is 1. The highest BCUT2D eigenvalue weighted by Crippen LogP contribution is 2.33. The fraction of sp³-hybridized carbons (Fsp3) is 0.458. The Balaban J connectivity index is 1.51. The summed E-state index contributed by atoms with van der Waals surface area (Å²) in [7, 11) is -3.46. The molecule has 2 aromatic heterocycles. The fourth-order valence-corrected chi connectivity index (χ4v) is 5.30. The molecule has 0 aliphatic heterocycles. The number of benzene rings is 1. The number of carbonyl (C=O) groups is 1. The molecular formula is C24H31N5O3S. The maximum atomic E-state index is 13.3. The van der Waals surface area contributed by atoms with E-state index in [1.807, 2.05) is 36.5 Å². The van der Waals surface area contributed by atoms with Gasteiger partial charge in [-0.3, -0.25) is 14.2 Å². The van der Waals surface area contributed by atoms with Gasteiger partial charge in [-0.25, -0.2) is 8.42 Å². The smallest absolute Gasteiger partial charge is 0.250 e. The molecule has 4 rings (SSSR count). The molecular weight excluding hydrogens is 438 g/mol. The summed E-state index contributed by atoms with van der Waals surface area (Å²) in [4.78, 5) is 13.4. The zero-order chi connectivity index (χ0) is 23.4. The van der Waals surface area contributed by atoms with Crippen molar-refractivity contribution >= 4 is 21.6 Å². The third-order valence-electron chi connectivity index (χ3n) is 6.26. The number of hydrogen-bond acceptors (Lipinski definition) is 5. The van der Waals surface area contributed by atoms with Crippen LogP contribution < -0.4 is 5.32 Å². The number of aromatic nitrogens is 4. The first-order chi connectivity index (χ1) is 15.8. The first-order valence-electron chi connectivity index (χ1n) is 11.5. The first-order valence-corrected chi connectivity index (χ1v) is 13.0. The standard InChI is InChI=1S/C24H31N5O3S/c1-18(2)33(31,32)21-15-25-29(17-21)22(14-19-8-6-7-9-19)24(30)26-23-12-13-28(27-23)16-20-10-4-3-5-11-20/h3-5,10-13,15,17-19,22H,6-9,14,16H2,1-2H3,(H,26,27,30). The summed E-state index contributed by atoms with van der Waals surface area (Å²) in [5.41, 5.74) is 1.12. The average Bonchev–Trinajstić information content (AvgIpc) is 3.55. The normalized spacial score (nSPS) is 15.7. The molecule has 1 aliphatic carbocycles. The Morgan fingerprint density at radius 1 is 1.15 bits per heavy atom. The molecule has 0 spiro atoms. The second-order valence-corrected chi connectivity index (χ2v) is 11.5. The molecule has 1 amide bonds. The molecule has 0 radical (unpaired) electrons. The van der Waals surface area contributed by atoms with Gasteiger partial charge in [0.1, 0.15) is 10.9 Å². The minimum atomic E-state index is -3.46. The van der Waals surface area contributed by atoms with Crippen LogP contribution in [0, 0.1) is 5.92 Å². The van der Waals surface area contributed by atoms with E-state index in [0.717, 1.165) is 31.2 Å². The molecule has 9 heteroatoms. The van der Waals surface area contributed by atoms with Gasteiger partial charge in [0, 0.05) is 18.5 Å². The van der Waals surface area contributed by atoms with Gasteiger partial charge in [-0.2, -0.15) is 10.2 Å². The van der Waals surface area contributed by atoms with Gasteiger partial charge in [0.25, 0.3) is 0 Å². The molecule has 3 aromatic rings. The van der Waals surface area contributed by atoms with Crippen molar-refractivity contribution in [2.75, 3.05) is 5.32 Å². The summed E-state index contributed by atoms with van der Waals surface area (Å²) in [6.07, 6.45) is 9.77. The molecule has 0 saturated heterocycles. The van der Waals surface area contributed by atoms with Crippen LogP contribution in [0.15, 0.2) is 59.9 Å². The van der Waals surface area contributed by atoms with Crippen molar-refractivity contribution in [3.05, 3.63) is 60.6 Å². The van der Waals surface area contributed by atoms with E-state index in [-0.39, 0.29) is 10.8 Å². The van der Waals surface area contributed by atoms with Gasteiger partial charge in [-0.15, -0.1) is 0 Å². The second-order valence-electron chi connectivity index (χ2n) is 9.03. The van der Waals surface area contributed by atoms with Crippen LogP contribution in [0.2, 0.25) is 0 Å². The summed E-state index contributed by atoms with van der Waals surface area (Å²) in [6, 6.07) is 11.2. The highest BCUT2D eigenvalue weighted by Gasteiger charge is 2.30. The Hall–Kier alpha value is -2.94. The van der Waals surface area contributed by atoms with Crippen molar-refractivity contribution in [1.82, 2.24) is 19.6 Å². The van der Waals surface area contributed by atoms with E-state index >= 15 is 0 Å². The Morgan fingerprint density at radius 2 is 1.88 bits per heavy atom. The molecule has 1 N–H and O–H groups in total. The van der Waals surface area contributed by atoms with Crippen molar-refractivity contribution in [2.24, 2.45) is 5.92 Å². The maximum Gasteiger partial charge on any atom is 0.250 e. The van der Waals surface area contributed by atoms with Gasteiger partial charge in [-0.05, 0) is 31.7 Å². The van der Waals surface area contributed by atoms with E-state index < -0.39 is 21.1 Å². The number of rotatable bonds is 9. The van der Waals surface area contributed by atoms with Gasteiger partial charge < -0.3 is 5.32 Å². The molecule has 2 heterocycles. The van der Waals surface area contributed by atoms with Gasteiger partial charge in [0.2, 0.25) is 5.91 Å². The van der Waals surface area contributed by atoms with E-state index in [9.17, 15) is 13.2 Å². The van der Waals surface area contributed by atoms with E-state index in [1.165, 1.54) is 17.1 Å². The van der Waals surface area contributed by atoms with Gasteiger partial charge in [0.15, 0.2) is 15.7 Å². The molecule has 1 atom stereocenters. The van der Waals surface area contributed by atoms with Crippen LogP contribution in [0.25, 0.3) is 0 Å². The van der Waals surface area contributed by atoms with Crippen LogP contribution in [0.3, 0.4) is 0 Å². The monoisotopic (exact) mass is 469 g/mol. The highest BCUT2D eigenvalue weighted by atomic mass is 32.2. The first kappa shape index (κ1) is 23.2. The topological polar surface area (TPSA) is 98.9 Å². The number of nitrogens with zero attached hydrogens (tertiary/aromatic N) is 4. The molecule has 176 valence electrons. The minimum Gasteiger partial charge on any atom is -0.307 e. The van der Waals surface area contributed by atoms with Gasteiger partial charge in [0.05, 0.1) is 18.0 Å². The second kappa shape index (κ2) is 9.91. The number of amides is 1. The van der Waals surface area contributed by atoms with Gasteiger partial charge in [-0.1, -0.05) is 56.0 Å². The average molecular weight is 470 g/mol. The molecule has 1 fully saturated rings. The maximum absolute atomic E-state index is 13.3. The lowest BCUT2D eigenvalue weighted by Crippen LogP contribution is -2.28. The highest BCUT2D eigenvalue weighted by molar-refractivity contribution is 7.92. The lowest BCUT2D eigenvalue weighted by molar-refractivity contribution is -0.120. The fourth-order valence-electron chi connectivity index (χ4n) is 4.30. The summed E-state index contributed by atoms with van der Waals surface area (Å²) >= 11 is 0. The Kier molecular flexibility index (Phi) is 6.97. The zero-order valence-electron chi connectivity index (χ0n) is 19.1. The van der Waals surface area contributed by atoms with Crippen molar-refractivity contribution < 1.29 is 13.2 Å². The number of nitrogens with one attached hydrogen (secondary N) is 1. The van der Waals surface area contributed by atoms with Gasteiger partial charge >= 0.3 is 0 Å². The van der Waals surface area contributed by atoms with E-state index in [2.05, 4.69) is 15.5 Å². The van der Waals surface area contributed by atoms with Crippen LogP contribution in [-0.2, 0) is 21.2 Å². The molecule has 0 bridgehead atoms. The SMILES string of the molecule is CC(C)S(=O)(=O)c1cnn(C(CC2CCCC2)C(=O)Nc2ccn(Cc3ccccc3)n2)c1. The van der Waals surface area contributed by atoms with Crippen molar-refractivity contribution in [3.63, 3.8) is 0 Å². The summed E-state index contributed by atoms with van der Waals surface area (Å²) in [6.45, 7) is 3.89. The van der Waals surface area contributed by atoms with E-state index in [4.69, 9.17) is 0 Å². The van der Waals surface area contributed by atoms with Crippen molar-refractivity contribution in [1.29, 1.82) is 0 Å². The van der Waals surface area contributed by atoms with Crippen LogP contribution in [0.1, 0.15) is 57.6 Å². The minimum absolute atomic E-state index is 0.147. The predicted molar refractivity (Wildman–Crippen MR) is 127 cm³/mol. The summed E-state index contributed by atoms with van der Waals surface area (Å²) in [5.74, 6) is 0.656. The lowest BCUT2D eigenvalue weighted by atomic mass is 9.98. The van der Waals surface area contributed by atoms with E-state index in [0.29, 0.717) is 24.7 Å². The van der Waals surface area contributed by atoms with Crippen LogP contribution >= 0.6 is 0 Å². The predicted octanol–water partition coefficient (Wildman–Crippen LogP) is 4.07.